The number of aliphatic carboxylic acids is 1. The molecule has 1 aromatic carbocycles. The van der Waals surface area contributed by atoms with Crippen LogP contribution in [0.1, 0.15) is 5.56 Å². The predicted molar refractivity (Wildman–Crippen MR) is 150 cm³/mol. The van der Waals surface area contributed by atoms with E-state index in [-0.39, 0.29) is 32.8 Å². The van der Waals surface area contributed by atoms with E-state index < -0.39 is 36.3 Å². The third-order valence-electron chi connectivity index (χ3n) is 5.52. The topological polar surface area (TPSA) is 200 Å². The number of aromatic nitrogens is 5. The number of hydrogen-bond donors (Lipinski definition) is 4. The summed E-state index contributed by atoms with van der Waals surface area (Å²) in [6.07, 6.45) is 7.15. The molecule has 0 fully saturated rings. The SMILES string of the molecule is CSc1ncc(-c2cn(CCOCCOCC(=O)NCC(=O)NCC(=O)N[C@@H](Cc3ccccc3)C(=O)O)nn2)cn1. The van der Waals surface area contributed by atoms with Gasteiger partial charge in [-0.1, -0.05) is 47.3 Å². The van der Waals surface area contributed by atoms with Crippen molar-refractivity contribution in [1.82, 2.24) is 40.9 Å². The van der Waals surface area contributed by atoms with Crippen molar-refractivity contribution in [2.75, 3.05) is 45.8 Å². The Hall–Kier alpha value is -4.41. The third kappa shape index (κ3) is 11.6. The summed E-state index contributed by atoms with van der Waals surface area (Å²) < 4.78 is 12.4. The molecule has 224 valence electrons. The van der Waals surface area contributed by atoms with E-state index in [1.54, 1.807) is 53.6 Å². The van der Waals surface area contributed by atoms with E-state index in [0.29, 0.717) is 24.0 Å². The Labute approximate surface area is 245 Å². The number of hydrogen-bond acceptors (Lipinski definition) is 11. The lowest BCUT2D eigenvalue weighted by Gasteiger charge is -2.15. The molecule has 0 aliphatic heterocycles. The first kappa shape index (κ1) is 32.1. The zero-order valence-corrected chi connectivity index (χ0v) is 23.7. The van der Waals surface area contributed by atoms with E-state index in [4.69, 9.17) is 9.47 Å². The molecule has 0 spiro atoms. The molecule has 0 aliphatic carbocycles. The van der Waals surface area contributed by atoms with Gasteiger partial charge in [0.15, 0.2) is 5.16 Å². The molecule has 4 N–H and O–H groups in total. The van der Waals surface area contributed by atoms with E-state index in [0.717, 1.165) is 11.1 Å². The van der Waals surface area contributed by atoms with Crippen LogP contribution in [0.5, 0.6) is 0 Å². The maximum Gasteiger partial charge on any atom is 0.326 e. The Morgan fingerprint density at radius 2 is 1.64 bits per heavy atom. The Morgan fingerprint density at radius 1 is 0.952 bits per heavy atom. The highest BCUT2D eigenvalue weighted by Crippen LogP contribution is 2.16. The van der Waals surface area contributed by atoms with Gasteiger partial charge in [0, 0.05) is 24.4 Å². The van der Waals surface area contributed by atoms with E-state index in [9.17, 15) is 24.3 Å². The summed E-state index contributed by atoms with van der Waals surface area (Å²) >= 11 is 1.45. The van der Waals surface area contributed by atoms with Crippen molar-refractivity contribution >= 4 is 35.5 Å². The molecule has 42 heavy (non-hydrogen) atoms. The smallest absolute Gasteiger partial charge is 0.326 e. The summed E-state index contributed by atoms with van der Waals surface area (Å²) in [5, 5.41) is 25.3. The normalized spacial score (nSPS) is 11.5. The van der Waals surface area contributed by atoms with Gasteiger partial charge in [-0.2, -0.15) is 0 Å². The quantitative estimate of drug-likeness (QED) is 0.0833. The van der Waals surface area contributed by atoms with Crippen LogP contribution in [0.3, 0.4) is 0 Å². The minimum atomic E-state index is -1.19. The molecule has 0 saturated heterocycles. The van der Waals surface area contributed by atoms with Crippen molar-refractivity contribution in [2.24, 2.45) is 0 Å². The average Bonchev–Trinajstić information content (AvgIpc) is 3.47. The zero-order chi connectivity index (χ0) is 30.2. The van der Waals surface area contributed by atoms with Crippen LogP contribution in [0.4, 0.5) is 0 Å². The Balaban J connectivity index is 1.21. The van der Waals surface area contributed by atoms with Gasteiger partial charge < -0.3 is 30.5 Å². The van der Waals surface area contributed by atoms with Crippen LogP contribution >= 0.6 is 11.8 Å². The van der Waals surface area contributed by atoms with Crippen molar-refractivity contribution in [3.05, 3.63) is 54.5 Å². The van der Waals surface area contributed by atoms with Crippen LogP contribution in [0, 0.1) is 0 Å². The third-order valence-corrected chi connectivity index (χ3v) is 6.10. The number of carboxylic acid groups (broad SMARTS) is 1. The first-order valence-corrected chi connectivity index (χ1v) is 14.1. The first-order valence-electron chi connectivity index (χ1n) is 12.9. The zero-order valence-electron chi connectivity index (χ0n) is 22.9. The van der Waals surface area contributed by atoms with Gasteiger partial charge in [0.1, 0.15) is 18.3 Å². The number of carbonyl (C=O) groups is 4. The maximum absolute atomic E-state index is 12.1. The lowest BCUT2D eigenvalue weighted by Crippen LogP contribution is -2.48. The van der Waals surface area contributed by atoms with Crippen molar-refractivity contribution in [2.45, 2.75) is 24.2 Å². The fourth-order valence-corrected chi connectivity index (χ4v) is 3.72. The summed E-state index contributed by atoms with van der Waals surface area (Å²) in [4.78, 5) is 55.8. The number of amides is 3. The molecule has 1 atom stereocenters. The van der Waals surface area contributed by atoms with Crippen LogP contribution in [-0.2, 0) is 41.6 Å². The first-order chi connectivity index (χ1) is 20.3. The summed E-state index contributed by atoms with van der Waals surface area (Å²) in [6, 6.07) is 7.70. The van der Waals surface area contributed by atoms with Crippen LogP contribution < -0.4 is 16.0 Å². The molecule has 0 saturated carbocycles. The average molecular weight is 601 g/mol. The summed E-state index contributed by atoms with van der Waals surface area (Å²) in [5.41, 5.74) is 2.16. The molecule has 16 heteroatoms. The number of thioether (sulfide) groups is 1. The molecule has 0 unspecified atom stereocenters. The minimum Gasteiger partial charge on any atom is -0.480 e. The van der Waals surface area contributed by atoms with E-state index >= 15 is 0 Å². The van der Waals surface area contributed by atoms with E-state index in [1.807, 2.05) is 6.26 Å². The van der Waals surface area contributed by atoms with Crippen LogP contribution in [-0.4, -0.2) is 106 Å². The molecule has 3 aromatic rings. The number of rotatable bonds is 18. The van der Waals surface area contributed by atoms with Gasteiger partial charge in [0.25, 0.3) is 0 Å². The van der Waals surface area contributed by atoms with Gasteiger partial charge in [0.05, 0.1) is 45.7 Å². The Kier molecular flexibility index (Phi) is 13.3. The highest BCUT2D eigenvalue weighted by Gasteiger charge is 2.20. The van der Waals surface area contributed by atoms with Gasteiger partial charge in [0.2, 0.25) is 17.7 Å². The largest absolute Gasteiger partial charge is 0.480 e. The molecule has 3 amide bonds. The molecule has 2 heterocycles. The number of nitrogens with zero attached hydrogens (tertiary/aromatic N) is 5. The lowest BCUT2D eigenvalue weighted by atomic mass is 10.1. The molecule has 15 nitrogen and oxygen atoms in total. The highest BCUT2D eigenvalue weighted by atomic mass is 32.2. The number of carboxylic acids is 1. The second-order valence-corrected chi connectivity index (χ2v) is 9.47. The second-order valence-electron chi connectivity index (χ2n) is 8.69. The van der Waals surface area contributed by atoms with Crippen LogP contribution in [0.15, 0.2) is 54.1 Å². The molecular weight excluding hydrogens is 568 g/mol. The Morgan fingerprint density at radius 3 is 2.36 bits per heavy atom. The number of nitrogens with one attached hydrogen (secondary N) is 3. The van der Waals surface area contributed by atoms with Gasteiger partial charge in [-0.25, -0.2) is 19.4 Å². The van der Waals surface area contributed by atoms with Crippen molar-refractivity contribution < 1.29 is 33.8 Å². The van der Waals surface area contributed by atoms with Gasteiger partial charge in [-0.15, -0.1) is 5.10 Å². The molecular formula is C26H32N8O7S. The molecule has 3 rings (SSSR count). The summed E-state index contributed by atoms with van der Waals surface area (Å²) in [7, 11) is 0. The van der Waals surface area contributed by atoms with Crippen LogP contribution in [0.25, 0.3) is 11.3 Å². The van der Waals surface area contributed by atoms with Gasteiger partial charge in [-0.3, -0.25) is 14.4 Å². The highest BCUT2D eigenvalue weighted by molar-refractivity contribution is 7.98. The fourth-order valence-electron chi connectivity index (χ4n) is 3.40. The van der Waals surface area contributed by atoms with E-state index in [1.165, 1.54) is 11.8 Å². The molecule has 0 aliphatic rings. The standard InChI is InChI=1S/C26H32N8O7S/c1-42-26-29-12-19(13-30-26)21-16-34(33-32-21)7-8-40-9-10-41-17-24(37)28-14-22(35)27-15-23(36)31-20(25(38)39)11-18-5-3-2-4-6-18/h2-6,12-13,16,20H,7-11,14-15,17H2,1H3,(H,27,35)(H,28,37)(H,31,36)(H,38,39)/t20-/m0/s1. The number of ether oxygens (including phenoxy) is 2. The minimum absolute atomic E-state index is 0.101. The lowest BCUT2D eigenvalue weighted by molar-refractivity contribution is -0.141. The van der Waals surface area contributed by atoms with Gasteiger partial charge >= 0.3 is 5.97 Å². The molecule has 0 radical (unpaired) electrons. The molecule has 2 aromatic heterocycles. The number of carbonyl (C=O) groups excluding carboxylic acids is 3. The Bertz CT molecular complexity index is 1310. The predicted octanol–water partition coefficient (Wildman–Crippen LogP) is -0.465. The van der Waals surface area contributed by atoms with Crippen molar-refractivity contribution in [3.8, 4) is 11.3 Å². The monoisotopic (exact) mass is 600 g/mol. The number of benzene rings is 1. The molecule has 0 bridgehead atoms. The van der Waals surface area contributed by atoms with Crippen molar-refractivity contribution in [3.63, 3.8) is 0 Å². The second kappa shape index (κ2) is 17.4. The maximum atomic E-state index is 12.1. The van der Waals surface area contributed by atoms with Gasteiger partial charge in [-0.05, 0) is 11.8 Å². The summed E-state index contributed by atoms with van der Waals surface area (Å²) in [5.74, 6) is -2.99. The van der Waals surface area contributed by atoms with Crippen LogP contribution in [0.2, 0.25) is 0 Å². The fraction of sp³-hybridized carbons (Fsp3) is 0.385. The van der Waals surface area contributed by atoms with E-state index in [2.05, 4.69) is 36.2 Å². The van der Waals surface area contributed by atoms with Crippen molar-refractivity contribution in [1.29, 1.82) is 0 Å². The summed E-state index contributed by atoms with van der Waals surface area (Å²) in [6.45, 7) is 0.149.